The highest BCUT2D eigenvalue weighted by Gasteiger charge is 2.04. The van der Waals surface area contributed by atoms with Crippen molar-refractivity contribution in [2.45, 2.75) is 19.9 Å². The van der Waals surface area contributed by atoms with E-state index in [1.165, 1.54) is 4.31 Å². The Morgan fingerprint density at radius 2 is 1.83 bits per heavy atom. The molecule has 0 radical (unpaired) electrons. The third-order valence-electron chi connectivity index (χ3n) is 1.90. The van der Waals surface area contributed by atoms with Gasteiger partial charge in [0.05, 0.1) is 0 Å². The van der Waals surface area contributed by atoms with Gasteiger partial charge < -0.3 is 9.45 Å². The van der Waals surface area contributed by atoms with Crippen molar-refractivity contribution >= 4 is 11.3 Å². The van der Waals surface area contributed by atoms with Crippen LogP contribution in [-0.2, 0) is 11.3 Å². The summed E-state index contributed by atoms with van der Waals surface area (Å²) in [5, 5.41) is 0. The predicted octanol–water partition coefficient (Wildman–Crippen LogP) is 0.0525. The summed E-state index contributed by atoms with van der Waals surface area (Å²) in [6.45, 7) is 5.47. The minimum atomic E-state index is -2.08. The highest BCUT2D eigenvalue weighted by Crippen LogP contribution is 1.94. The van der Waals surface area contributed by atoms with E-state index in [0.717, 1.165) is 6.54 Å². The number of likely N-dealkylation sites (N-methyl/N-ethyl adjacent to an activating group) is 2. The van der Waals surface area contributed by atoms with Crippen LogP contribution in [-0.4, -0.2) is 51.2 Å². The minimum absolute atomic E-state index is 0.457. The van der Waals surface area contributed by atoms with Crippen LogP contribution in [0.5, 0.6) is 0 Å². The van der Waals surface area contributed by atoms with Crippen LogP contribution in [0.15, 0.2) is 0 Å². The highest BCUT2D eigenvalue weighted by atomic mass is 32.2. The second-order valence-electron chi connectivity index (χ2n) is 3.14. The van der Waals surface area contributed by atoms with Crippen molar-refractivity contribution in [2.24, 2.45) is 0 Å². The molecule has 0 aromatic rings. The van der Waals surface area contributed by atoms with Crippen molar-refractivity contribution in [3.05, 3.63) is 0 Å². The highest BCUT2D eigenvalue weighted by molar-refractivity contribution is 7.76. The Balaban J connectivity index is 3.61. The van der Waals surface area contributed by atoms with E-state index in [4.69, 9.17) is 0 Å². The van der Waals surface area contributed by atoms with Gasteiger partial charge in [-0.2, -0.15) is 0 Å². The Morgan fingerprint density at radius 3 is 2.17 bits per heavy atom. The molecule has 0 spiro atoms. The molecular weight excluding hydrogens is 176 g/mol. The molecule has 0 heterocycles. The van der Waals surface area contributed by atoms with Crippen LogP contribution in [0.1, 0.15) is 13.8 Å². The first-order valence-corrected chi connectivity index (χ1v) is 4.99. The zero-order valence-electron chi connectivity index (χ0n) is 8.11. The predicted molar refractivity (Wildman–Crippen MR) is 49.3 cm³/mol. The zero-order chi connectivity index (χ0) is 9.72. The van der Waals surface area contributed by atoms with E-state index in [1.807, 2.05) is 7.05 Å². The molecular formula is C7H17N2O2S-. The molecule has 0 N–H and O–H groups in total. The van der Waals surface area contributed by atoms with Crippen LogP contribution in [0.2, 0.25) is 0 Å². The molecule has 0 saturated heterocycles. The summed E-state index contributed by atoms with van der Waals surface area (Å²) in [5.41, 5.74) is 0. The van der Waals surface area contributed by atoms with Gasteiger partial charge in [0.2, 0.25) is 0 Å². The van der Waals surface area contributed by atoms with Gasteiger partial charge in [-0.3, -0.25) is 4.21 Å². The van der Waals surface area contributed by atoms with E-state index in [0.29, 0.717) is 12.6 Å². The van der Waals surface area contributed by atoms with E-state index in [-0.39, 0.29) is 0 Å². The van der Waals surface area contributed by atoms with E-state index in [2.05, 4.69) is 18.7 Å². The molecule has 0 amide bonds. The molecule has 1 atom stereocenters. The van der Waals surface area contributed by atoms with Crippen molar-refractivity contribution in [3.63, 3.8) is 0 Å². The van der Waals surface area contributed by atoms with Gasteiger partial charge in [0.15, 0.2) is 0 Å². The lowest BCUT2D eigenvalue weighted by molar-refractivity contribution is 0.256. The molecule has 1 unspecified atom stereocenters. The Morgan fingerprint density at radius 1 is 1.33 bits per heavy atom. The first kappa shape index (κ1) is 12.0. The van der Waals surface area contributed by atoms with Gasteiger partial charge in [-0.15, -0.1) is 0 Å². The number of hydrogen-bond donors (Lipinski definition) is 0. The monoisotopic (exact) mass is 193 g/mol. The van der Waals surface area contributed by atoms with Crippen molar-refractivity contribution in [1.29, 1.82) is 0 Å². The largest absolute Gasteiger partial charge is 0.760 e. The Labute approximate surface area is 77.0 Å². The average molecular weight is 193 g/mol. The smallest absolute Gasteiger partial charge is 0.0227 e. The maximum absolute atomic E-state index is 10.4. The van der Waals surface area contributed by atoms with Gasteiger partial charge in [-0.25, -0.2) is 4.31 Å². The Bertz CT molecular complexity index is 152. The summed E-state index contributed by atoms with van der Waals surface area (Å²) in [7, 11) is 3.55. The molecule has 12 heavy (non-hydrogen) atoms. The molecule has 0 aromatic heterocycles. The lowest BCUT2D eigenvalue weighted by Crippen LogP contribution is -2.35. The third-order valence-corrected chi connectivity index (χ3v) is 2.60. The summed E-state index contributed by atoms with van der Waals surface area (Å²) in [6, 6.07) is 0.457. The van der Waals surface area contributed by atoms with Crippen molar-refractivity contribution in [3.8, 4) is 0 Å². The van der Waals surface area contributed by atoms with Crippen molar-refractivity contribution < 1.29 is 8.76 Å². The number of nitrogens with zero attached hydrogens (tertiary/aromatic N) is 2. The Hall–Kier alpha value is 0.0300. The maximum atomic E-state index is 10.4. The average Bonchev–Trinajstić information content (AvgIpc) is 1.98. The van der Waals surface area contributed by atoms with Gasteiger partial charge in [0.25, 0.3) is 0 Å². The molecule has 5 heteroatoms. The Kier molecular flexibility index (Phi) is 5.65. The fourth-order valence-electron chi connectivity index (χ4n) is 0.631. The lowest BCUT2D eigenvalue weighted by Gasteiger charge is -2.25. The minimum Gasteiger partial charge on any atom is -0.760 e. The molecule has 0 rings (SSSR count). The molecule has 0 aliphatic rings. The summed E-state index contributed by atoms with van der Waals surface area (Å²) in [4.78, 5) is 2.10. The van der Waals surface area contributed by atoms with Gasteiger partial charge in [-0.05, 0) is 27.9 Å². The summed E-state index contributed by atoms with van der Waals surface area (Å²) in [5.74, 6) is 0. The summed E-state index contributed by atoms with van der Waals surface area (Å²) < 4.78 is 22.1. The molecule has 74 valence electrons. The SMILES string of the molecule is CC(C)N(C)CCN(C)S(=O)[O-]. The topological polar surface area (TPSA) is 46.6 Å². The first-order valence-electron chi connectivity index (χ1n) is 3.96. The van der Waals surface area contributed by atoms with Crippen LogP contribution >= 0.6 is 0 Å². The van der Waals surface area contributed by atoms with Crippen molar-refractivity contribution in [1.82, 2.24) is 9.21 Å². The molecule has 0 bridgehead atoms. The van der Waals surface area contributed by atoms with E-state index >= 15 is 0 Å². The molecule has 0 aliphatic carbocycles. The van der Waals surface area contributed by atoms with E-state index in [1.54, 1.807) is 7.05 Å². The fourth-order valence-corrected chi connectivity index (χ4v) is 0.862. The van der Waals surface area contributed by atoms with Crippen LogP contribution in [0.3, 0.4) is 0 Å². The molecule has 0 aliphatic heterocycles. The number of rotatable bonds is 5. The summed E-state index contributed by atoms with van der Waals surface area (Å²) >= 11 is -2.08. The standard InChI is InChI=1S/C7H18N2O2S/c1-7(2)8(3)5-6-9(4)12(10)11/h7H,5-6H2,1-4H3,(H,10,11)/p-1. The quantitative estimate of drug-likeness (QED) is 0.580. The van der Waals surface area contributed by atoms with Crippen LogP contribution in [0, 0.1) is 0 Å². The molecule has 0 fully saturated rings. The zero-order valence-corrected chi connectivity index (χ0v) is 8.93. The van der Waals surface area contributed by atoms with Crippen LogP contribution in [0.25, 0.3) is 0 Å². The number of hydrogen-bond acceptors (Lipinski definition) is 3. The molecule has 0 aromatic carbocycles. The third kappa shape index (κ3) is 4.82. The summed E-state index contributed by atoms with van der Waals surface area (Å²) in [6.07, 6.45) is 0. The van der Waals surface area contributed by atoms with Crippen LogP contribution < -0.4 is 0 Å². The lowest BCUT2D eigenvalue weighted by atomic mass is 10.3. The van der Waals surface area contributed by atoms with Crippen molar-refractivity contribution in [2.75, 3.05) is 27.2 Å². The molecule has 4 nitrogen and oxygen atoms in total. The first-order chi connectivity index (χ1) is 5.45. The van der Waals surface area contributed by atoms with Gasteiger partial charge in [-0.1, -0.05) is 0 Å². The normalized spacial score (nSPS) is 14.7. The van der Waals surface area contributed by atoms with E-state index < -0.39 is 11.3 Å². The second kappa shape index (κ2) is 5.64. The van der Waals surface area contributed by atoms with Gasteiger partial charge >= 0.3 is 0 Å². The van der Waals surface area contributed by atoms with Gasteiger partial charge in [0, 0.05) is 30.4 Å². The maximum Gasteiger partial charge on any atom is 0.0227 e. The van der Waals surface area contributed by atoms with Crippen LogP contribution in [0.4, 0.5) is 0 Å². The van der Waals surface area contributed by atoms with Gasteiger partial charge in [0.1, 0.15) is 0 Å². The molecule has 0 saturated carbocycles. The fraction of sp³-hybridized carbons (Fsp3) is 1.00. The van der Waals surface area contributed by atoms with E-state index in [9.17, 15) is 8.76 Å². The second-order valence-corrected chi connectivity index (χ2v) is 4.20.